The van der Waals surface area contributed by atoms with Crippen molar-refractivity contribution in [3.05, 3.63) is 149 Å². The van der Waals surface area contributed by atoms with Crippen molar-refractivity contribution >= 4 is 60.3 Å². The Bertz CT molecular complexity index is 2080. The van der Waals surface area contributed by atoms with Gasteiger partial charge >= 0.3 is 0 Å². The van der Waals surface area contributed by atoms with E-state index in [9.17, 15) is 0 Å². The van der Waals surface area contributed by atoms with Crippen molar-refractivity contribution in [2.45, 2.75) is 6.92 Å². The number of aryl methyl sites for hydroxylation is 1. The molecule has 2 heterocycles. The first-order chi connectivity index (χ1) is 19.6. The molecule has 0 aliphatic heterocycles. The van der Waals surface area contributed by atoms with Gasteiger partial charge in [0, 0.05) is 37.6 Å². The van der Waals surface area contributed by atoms with Crippen LogP contribution in [0.2, 0.25) is 0 Å². The number of allylic oxidation sites excluding steroid dienone is 2. The van der Waals surface area contributed by atoms with Gasteiger partial charge in [0.1, 0.15) is 0 Å². The number of benzene rings is 5. The maximum atomic E-state index is 4.33. The van der Waals surface area contributed by atoms with Crippen LogP contribution in [0, 0.1) is 6.92 Å². The summed E-state index contributed by atoms with van der Waals surface area (Å²) in [5.74, 6) is 0. The van der Waals surface area contributed by atoms with E-state index in [2.05, 4.69) is 160 Å². The fraction of sp³-hybridized carbons (Fsp3) is 0.0270. The first kappa shape index (κ1) is 24.4. The molecule has 7 rings (SSSR count). The van der Waals surface area contributed by atoms with E-state index >= 15 is 0 Å². The van der Waals surface area contributed by atoms with Gasteiger partial charge in [0.05, 0.1) is 16.6 Å². The van der Waals surface area contributed by atoms with Crippen LogP contribution in [0.3, 0.4) is 0 Å². The Morgan fingerprint density at radius 1 is 0.750 bits per heavy atom. The molecule has 0 aliphatic carbocycles. The molecule has 0 saturated carbocycles. The van der Waals surface area contributed by atoms with Crippen LogP contribution in [0.25, 0.3) is 61.2 Å². The summed E-state index contributed by atoms with van der Waals surface area (Å²) in [5.41, 5.74) is 11.5. The van der Waals surface area contributed by atoms with Crippen LogP contribution in [0.15, 0.2) is 132 Å². The summed E-state index contributed by atoms with van der Waals surface area (Å²) in [6.45, 7) is 6.55. The fourth-order valence-corrected chi connectivity index (χ4v) is 6.24. The normalized spacial score (nSPS) is 11.8. The van der Waals surface area contributed by atoms with E-state index in [4.69, 9.17) is 0 Å². The number of fused-ring (bicyclic) bond motifs is 4. The van der Waals surface area contributed by atoms with Gasteiger partial charge in [-0.05, 0) is 81.5 Å². The molecule has 1 N–H and O–H groups in total. The molecule has 0 spiro atoms. The zero-order valence-electron chi connectivity index (χ0n) is 22.2. The molecule has 0 saturated heterocycles. The second-order valence-corrected chi connectivity index (χ2v) is 11.0. The molecule has 3 heteroatoms. The van der Waals surface area contributed by atoms with Crippen LogP contribution in [-0.4, -0.2) is 9.55 Å². The number of nitrogens with one attached hydrogen (secondary N) is 1. The predicted molar refractivity (Wildman–Crippen MR) is 175 cm³/mol. The van der Waals surface area contributed by atoms with Crippen molar-refractivity contribution in [3.63, 3.8) is 0 Å². The van der Waals surface area contributed by atoms with Gasteiger partial charge < -0.3 is 9.55 Å². The highest BCUT2D eigenvalue weighted by Crippen LogP contribution is 2.38. The lowest BCUT2D eigenvalue weighted by atomic mass is 9.99. The van der Waals surface area contributed by atoms with Crippen LogP contribution in [-0.2, 0) is 0 Å². The molecule has 7 aromatic rings. The number of para-hydroxylation sites is 3. The average molecular weight is 580 g/mol. The van der Waals surface area contributed by atoms with Gasteiger partial charge in [0.25, 0.3) is 0 Å². The van der Waals surface area contributed by atoms with Gasteiger partial charge in [-0.2, -0.15) is 0 Å². The molecule has 192 valence electrons. The maximum Gasteiger partial charge on any atom is 0.0609 e. The average Bonchev–Trinajstić information content (AvgIpc) is 3.52. The quantitative estimate of drug-likeness (QED) is 0.196. The topological polar surface area (TPSA) is 20.7 Å². The molecule has 0 bridgehead atoms. The molecule has 0 fully saturated rings. The Balaban J connectivity index is 1.42. The monoisotopic (exact) mass is 578 g/mol. The van der Waals surface area contributed by atoms with E-state index < -0.39 is 0 Å². The molecule has 40 heavy (non-hydrogen) atoms. The zero-order chi connectivity index (χ0) is 27.2. The summed E-state index contributed by atoms with van der Waals surface area (Å²) < 4.78 is 3.43. The van der Waals surface area contributed by atoms with Crippen molar-refractivity contribution in [2.75, 3.05) is 0 Å². The third-order valence-electron chi connectivity index (χ3n) is 7.80. The third-order valence-corrected chi connectivity index (χ3v) is 8.46. The number of hydrogen-bond acceptors (Lipinski definition) is 0. The third kappa shape index (κ3) is 4.02. The lowest BCUT2D eigenvalue weighted by Gasteiger charge is -2.10. The van der Waals surface area contributed by atoms with E-state index in [0.717, 1.165) is 38.0 Å². The number of rotatable bonds is 5. The SMILES string of the molecule is C=C(/C=C\c1c(C)c2cc(-c3cccc4c3[nH]c3c(Br)cccc34)ccc2n1-c1ccccc1)c1ccccc1. The molecular weight excluding hydrogens is 552 g/mol. The largest absolute Gasteiger partial charge is 0.353 e. The molecule has 0 aliphatic rings. The Labute approximate surface area is 242 Å². The highest BCUT2D eigenvalue weighted by molar-refractivity contribution is 9.10. The fourth-order valence-electron chi connectivity index (χ4n) is 5.77. The van der Waals surface area contributed by atoms with Crippen LogP contribution >= 0.6 is 15.9 Å². The Morgan fingerprint density at radius 3 is 2.23 bits per heavy atom. The van der Waals surface area contributed by atoms with Gasteiger partial charge in [0.15, 0.2) is 0 Å². The highest BCUT2D eigenvalue weighted by atomic mass is 79.9. The molecular formula is C37H27BrN2. The minimum atomic E-state index is 0.988. The first-order valence-electron chi connectivity index (χ1n) is 13.4. The highest BCUT2D eigenvalue weighted by Gasteiger charge is 2.17. The standard InChI is InChI=1S/C37H27BrN2/c1-24(26-11-5-3-6-12-26)19-21-34-25(2)32-23-27(20-22-35(32)40(34)28-13-7-4-8-14-28)29-15-9-16-30-31-17-10-18-33(38)37(31)39-36(29)30/h3-23,39H,1H2,2H3/b21-19-. The summed E-state index contributed by atoms with van der Waals surface area (Å²) in [4.78, 5) is 3.69. The van der Waals surface area contributed by atoms with Crippen LogP contribution in [0.5, 0.6) is 0 Å². The summed E-state index contributed by atoms with van der Waals surface area (Å²) in [5, 5.41) is 3.70. The van der Waals surface area contributed by atoms with Gasteiger partial charge in [-0.1, -0.05) is 97.6 Å². The first-order valence-corrected chi connectivity index (χ1v) is 14.2. The maximum absolute atomic E-state index is 4.33. The molecule has 2 nitrogen and oxygen atoms in total. The van der Waals surface area contributed by atoms with Crippen molar-refractivity contribution in [2.24, 2.45) is 0 Å². The predicted octanol–water partition coefficient (Wildman–Crippen LogP) is 10.7. The van der Waals surface area contributed by atoms with Crippen LogP contribution < -0.4 is 0 Å². The lowest BCUT2D eigenvalue weighted by Crippen LogP contribution is -1.96. The summed E-state index contributed by atoms with van der Waals surface area (Å²) in [6.07, 6.45) is 4.33. The number of aromatic nitrogens is 2. The van der Waals surface area contributed by atoms with E-state index in [1.165, 1.54) is 38.4 Å². The molecule has 0 unspecified atom stereocenters. The molecule has 0 atom stereocenters. The van der Waals surface area contributed by atoms with E-state index in [-0.39, 0.29) is 0 Å². The van der Waals surface area contributed by atoms with Gasteiger partial charge in [0.2, 0.25) is 0 Å². The second-order valence-electron chi connectivity index (χ2n) is 10.2. The van der Waals surface area contributed by atoms with Gasteiger partial charge in [-0.15, -0.1) is 0 Å². The summed E-state index contributed by atoms with van der Waals surface area (Å²) >= 11 is 3.72. The van der Waals surface area contributed by atoms with E-state index in [1.54, 1.807) is 0 Å². The number of aromatic amines is 1. The minimum Gasteiger partial charge on any atom is -0.353 e. The lowest BCUT2D eigenvalue weighted by molar-refractivity contribution is 1.10. The van der Waals surface area contributed by atoms with E-state index in [1.807, 2.05) is 6.07 Å². The molecule has 0 radical (unpaired) electrons. The molecule has 2 aromatic heterocycles. The van der Waals surface area contributed by atoms with Gasteiger partial charge in [-0.3, -0.25) is 0 Å². The molecule has 5 aromatic carbocycles. The summed E-state index contributed by atoms with van der Waals surface area (Å²) in [7, 11) is 0. The smallest absolute Gasteiger partial charge is 0.0609 e. The number of hydrogen-bond donors (Lipinski definition) is 1. The van der Waals surface area contributed by atoms with Crippen molar-refractivity contribution in [1.29, 1.82) is 0 Å². The van der Waals surface area contributed by atoms with Crippen molar-refractivity contribution < 1.29 is 0 Å². The zero-order valence-corrected chi connectivity index (χ0v) is 23.7. The van der Waals surface area contributed by atoms with Crippen LogP contribution in [0.4, 0.5) is 0 Å². The molecule has 0 amide bonds. The minimum absolute atomic E-state index is 0.988. The van der Waals surface area contributed by atoms with Crippen molar-refractivity contribution in [3.8, 4) is 16.8 Å². The van der Waals surface area contributed by atoms with E-state index in [0.29, 0.717) is 0 Å². The number of halogens is 1. The van der Waals surface area contributed by atoms with Crippen LogP contribution in [0.1, 0.15) is 16.8 Å². The number of H-pyrrole nitrogens is 1. The second kappa shape index (κ2) is 9.86. The Hall–Kier alpha value is -4.60. The summed E-state index contributed by atoms with van der Waals surface area (Å²) in [6, 6.07) is 40.7. The van der Waals surface area contributed by atoms with Gasteiger partial charge in [-0.25, -0.2) is 0 Å². The Kier molecular flexibility index (Phi) is 6.02. The van der Waals surface area contributed by atoms with Crippen molar-refractivity contribution in [1.82, 2.24) is 9.55 Å². The Morgan fingerprint density at radius 2 is 1.45 bits per heavy atom. The number of nitrogens with zero attached hydrogens (tertiary/aromatic N) is 1.